The van der Waals surface area contributed by atoms with Gasteiger partial charge in [-0.3, -0.25) is 4.79 Å². The minimum Gasteiger partial charge on any atom is -0.477 e. The first-order chi connectivity index (χ1) is 6.75. The number of hydrogen-bond acceptors (Lipinski definition) is 3. The average molecular weight is 210 g/mol. The molecule has 1 N–H and O–H groups in total. The fraction of sp³-hybridized carbons (Fsp3) is 0.500. The van der Waals surface area contributed by atoms with Crippen LogP contribution in [-0.2, 0) is 12.5 Å². The van der Waals surface area contributed by atoms with Crippen LogP contribution in [0.2, 0.25) is 0 Å². The number of carboxylic acid groups (broad SMARTS) is 1. The highest BCUT2D eigenvalue weighted by Crippen LogP contribution is 2.22. The molecule has 0 fully saturated rings. The first-order valence-corrected chi connectivity index (χ1v) is 4.55. The molecule has 82 valence electrons. The third kappa shape index (κ3) is 2.06. The Morgan fingerprint density at radius 2 is 2.00 bits per heavy atom. The van der Waals surface area contributed by atoms with Crippen molar-refractivity contribution < 1.29 is 9.90 Å². The Morgan fingerprint density at radius 1 is 1.47 bits per heavy atom. The molecule has 1 heterocycles. The molecule has 5 heteroatoms. The molecule has 1 aromatic heterocycles. The van der Waals surface area contributed by atoms with Crippen LogP contribution in [-0.4, -0.2) is 20.9 Å². The summed E-state index contributed by atoms with van der Waals surface area (Å²) >= 11 is 0. The zero-order valence-electron chi connectivity index (χ0n) is 9.24. The molecule has 0 atom stereocenters. The monoisotopic (exact) mass is 210 g/mol. The predicted octanol–water partition coefficient (Wildman–Crippen LogP) is 0.776. The van der Waals surface area contributed by atoms with Crippen molar-refractivity contribution >= 4 is 5.97 Å². The summed E-state index contributed by atoms with van der Waals surface area (Å²) in [4.78, 5) is 22.6. The van der Waals surface area contributed by atoms with E-state index in [1.165, 1.54) is 13.2 Å². The van der Waals surface area contributed by atoms with Gasteiger partial charge in [-0.25, -0.2) is 9.48 Å². The number of carbonyl (C=O) groups is 1. The lowest BCUT2D eigenvalue weighted by Crippen LogP contribution is -2.31. The lowest BCUT2D eigenvalue weighted by Gasteiger charge is -2.20. The Bertz CT molecular complexity index is 455. The van der Waals surface area contributed by atoms with E-state index in [2.05, 4.69) is 5.10 Å². The quantitative estimate of drug-likeness (QED) is 0.743. The summed E-state index contributed by atoms with van der Waals surface area (Å²) in [7, 11) is 1.43. The SMILES string of the molecule is Cn1ncc(C(C)(C)C)c(C(=O)O)c1=O. The van der Waals surface area contributed by atoms with Crippen LogP contribution < -0.4 is 5.56 Å². The second-order valence-electron chi connectivity index (χ2n) is 4.42. The van der Waals surface area contributed by atoms with E-state index in [9.17, 15) is 9.59 Å². The number of nitrogens with zero attached hydrogens (tertiary/aromatic N) is 2. The minimum atomic E-state index is -1.21. The van der Waals surface area contributed by atoms with Gasteiger partial charge in [0, 0.05) is 7.05 Å². The highest BCUT2D eigenvalue weighted by Gasteiger charge is 2.25. The van der Waals surface area contributed by atoms with Crippen LogP contribution in [0.1, 0.15) is 36.7 Å². The first-order valence-electron chi connectivity index (χ1n) is 4.55. The highest BCUT2D eigenvalue weighted by molar-refractivity contribution is 5.89. The number of rotatable bonds is 1. The van der Waals surface area contributed by atoms with Crippen LogP contribution in [0.15, 0.2) is 11.0 Å². The van der Waals surface area contributed by atoms with Gasteiger partial charge in [0.25, 0.3) is 5.56 Å². The van der Waals surface area contributed by atoms with E-state index >= 15 is 0 Å². The van der Waals surface area contributed by atoms with Crippen LogP contribution in [0.4, 0.5) is 0 Å². The standard InChI is InChI=1S/C10H14N2O3/c1-10(2,3)6-5-11-12(4)8(13)7(6)9(14)15/h5H,1-4H3,(H,14,15). The van der Waals surface area contributed by atoms with Gasteiger partial charge < -0.3 is 5.11 Å². The molecule has 0 saturated carbocycles. The van der Waals surface area contributed by atoms with E-state index in [-0.39, 0.29) is 5.56 Å². The van der Waals surface area contributed by atoms with Gasteiger partial charge in [-0.05, 0) is 11.0 Å². The van der Waals surface area contributed by atoms with Gasteiger partial charge in [0.15, 0.2) is 0 Å². The maximum atomic E-state index is 11.6. The van der Waals surface area contributed by atoms with Crippen molar-refractivity contribution in [1.29, 1.82) is 0 Å². The maximum Gasteiger partial charge on any atom is 0.341 e. The molecule has 0 unspecified atom stereocenters. The van der Waals surface area contributed by atoms with Crippen molar-refractivity contribution in [3.05, 3.63) is 27.7 Å². The Balaban J connectivity index is 3.63. The molecule has 0 aliphatic heterocycles. The first kappa shape index (κ1) is 11.4. The molecular weight excluding hydrogens is 196 g/mol. The van der Waals surface area contributed by atoms with Gasteiger partial charge in [-0.1, -0.05) is 20.8 Å². The van der Waals surface area contributed by atoms with Crippen molar-refractivity contribution in [3.63, 3.8) is 0 Å². The number of aromatic nitrogens is 2. The molecule has 0 bridgehead atoms. The predicted molar refractivity (Wildman–Crippen MR) is 55.1 cm³/mol. The second kappa shape index (κ2) is 3.49. The molecular formula is C10H14N2O3. The number of aromatic carboxylic acids is 1. The van der Waals surface area contributed by atoms with E-state index < -0.39 is 16.9 Å². The number of aryl methyl sites for hydroxylation is 1. The number of carboxylic acids is 1. The van der Waals surface area contributed by atoms with Gasteiger partial charge in [0.2, 0.25) is 0 Å². The lowest BCUT2D eigenvalue weighted by molar-refractivity contribution is 0.0691. The van der Waals surface area contributed by atoms with Crippen molar-refractivity contribution in [2.45, 2.75) is 26.2 Å². The molecule has 0 amide bonds. The summed E-state index contributed by atoms with van der Waals surface area (Å²) in [6, 6.07) is 0. The fourth-order valence-electron chi connectivity index (χ4n) is 1.31. The minimum absolute atomic E-state index is 0.194. The summed E-state index contributed by atoms with van der Waals surface area (Å²) < 4.78 is 1.03. The van der Waals surface area contributed by atoms with Crippen LogP contribution in [0.25, 0.3) is 0 Å². The Kier molecular flexibility index (Phi) is 2.66. The molecule has 1 rings (SSSR count). The largest absolute Gasteiger partial charge is 0.477 e. The van der Waals surface area contributed by atoms with Gasteiger partial charge >= 0.3 is 5.97 Å². The normalized spacial score (nSPS) is 11.5. The smallest absolute Gasteiger partial charge is 0.341 e. The zero-order valence-corrected chi connectivity index (χ0v) is 9.24. The topological polar surface area (TPSA) is 72.2 Å². The van der Waals surface area contributed by atoms with Crippen LogP contribution in [0.3, 0.4) is 0 Å². The van der Waals surface area contributed by atoms with Crippen LogP contribution in [0, 0.1) is 0 Å². The third-order valence-corrected chi connectivity index (χ3v) is 2.16. The number of hydrogen-bond donors (Lipinski definition) is 1. The van der Waals surface area contributed by atoms with Crippen LogP contribution >= 0.6 is 0 Å². The van der Waals surface area contributed by atoms with Crippen molar-refractivity contribution in [3.8, 4) is 0 Å². The average Bonchev–Trinajstić information content (AvgIpc) is 2.06. The van der Waals surface area contributed by atoms with E-state index in [0.29, 0.717) is 5.56 Å². The van der Waals surface area contributed by atoms with Crippen LogP contribution in [0.5, 0.6) is 0 Å². The van der Waals surface area contributed by atoms with E-state index in [0.717, 1.165) is 4.68 Å². The summed E-state index contributed by atoms with van der Waals surface area (Å²) in [6.07, 6.45) is 1.44. The molecule has 0 spiro atoms. The van der Waals surface area contributed by atoms with E-state index in [1.807, 2.05) is 20.8 Å². The second-order valence-corrected chi connectivity index (χ2v) is 4.42. The molecule has 5 nitrogen and oxygen atoms in total. The van der Waals surface area contributed by atoms with Crippen molar-refractivity contribution in [2.24, 2.45) is 7.05 Å². The van der Waals surface area contributed by atoms with Gasteiger partial charge in [-0.2, -0.15) is 5.10 Å². The molecule has 0 saturated heterocycles. The zero-order chi connectivity index (χ0) is 11.8. The van der Waals surface area contributed by atoms with E-state index in [1.54, 1.807) is 0 Å². The Labute approximate surface area is 87.4 Å². The molecule has 0 aliphatic rings. The van der Waals surface area contributed by atoms with Gasteiger partial charge in [0.1, 0.15) is 5.56 Å². The summed E-state index contributed by atoms with van der Waals surface area (Å²) in [5.74, 6) is -1.21. The summed E-state index contributed by atoms with van der Waals surface area (Å²) in [5, 5.41) is 12.8. The van der Waals surface area contributed by atoms with Gasteiger partial charge in [-0.15, -0.1) is 0 Å². The summed E-state index contributed by atoms with van der Waals surface area (Å²) in [6.45, 7) is 5.53. The molecule has 15 heavy (non-hydrogen) atoms. The third-order valence-electron chi connectivity index (χ3n) is 2.16. The van der Waals surface area contributed by atoms with Crippen molar-refractivity contribution in [2.75, 3.05) is 0 Å². The molecule has 1 aromatic rings. The summed E-state index contributed by atoms with van der Waals surface area (Å²) in [5.41, 5.74) is -0.721. The highest BCUT2D eigenvalue weighted by atomic mass is 16.4. The molecule has 0 aromatic carbocycles. The maximum absolute atomic E-state index is 11.6. The van der Waals surface area contributed by atoms with Crippen molar-refractivity contribution in [1.82, 2.24) is 9.78 Å². The van der Waals surface area contributed by atoms with E-state index in [4.69, 9.17) is 5.11 Å². The Morgan fingerprint density at radius 3 is 2.40 bits per heavy atom. The lowest BCUT2D eigenvalue weighted by atomic mass is 9.85. The van der Waals surface area contributed by atoms with Gasteiger partial charge in [0.05, 0.1) is 6.20 Å². The fourth-order valence-corrected chi connectivity index (χ4v) is 1.31. The molecule has 0 aliphatic carbocycles. The Hall–Kier alpha value is -1.65. The molecule has 0 radical (unpaired) electrons.